The summed E-state index contributed by atoms with van der Waals surface area (Å²) in [6.45, 7) is 0. The minimum absolute atomic E-state index is 0. The Hall–Kier alpha value is -2.38. The first kappa shape index (κ1) is 17.0. The highest BCUT2D eigenvalue weighted by Gasteiger charge is 2.08. The Morgan fingerprint density at radius 2 is 1.91 bits per heavy atom. The fourth-order valence-electron chi connectivity index (χ4n) is 2.26. The van der Waals surface area contributed by atoms with Crippen LogP contribution in [0.4, 0.5) is 5.69 Å². The van der Waals surface area contributed by atoms with Crippen LogP contribution in [0.1, 0.15) is 0 Å². The molecule has 0 aliphatic heterocycles. The molecule has 2 N–H and O–H groups in total. The van der Waals surface area contributed by atoms with Crippen molar-refractivity contribution < 1.29 is 8.42 Å². The van der Waals surface area contributed by atoms with Gasteiger partial charge in [-0.25, -0.2) is 8.42 Å². The van der Waals surface area contributed by atoms with E-state index in [1.54, 1.807) is 36.5 Å². The van der Waals surface area contributed by atoms with Crippen LogP contribution >= 0.6 is 12.4 Å². The van der Waals surface area contributed by atoms with Crippen molar-refractivity contribution in [2.45, 2.75) is 0 Å². The minimum Gasteiger partial charge on any atom is -0.322 e. The molecule has 0 aliphatic carbocycles. The van der Waals surface area contributed by atoms with E-state index in [4.69, 9.17) is 0 Å². The van der Waals surface area contributed by atoms with Gasteiger partial charge in [0.2, 0.25) is 15.6 Å². The van der Waals surface area contributed by atoms with Gasteiger partial charge in [0.05, 0.1) is 17.5 Å². The van der Waals surface area contributed by atoms with Gasteiger partial charge in [0.25, 0.3) is 0 Å². The van der Waals surface area contributed by atoms with Gasteiger partial charge in [-0.3, -0.25) is 14.5 Å². The topological polar surface area (TPSA) is 91.9 Å². The average molecular weight is 352 g/mol. The van der Waals surface area contributed by atoms with Crippen LogP contribution in [0.2, 0.25) is 0 Å². The molecule has 0 spiro atoms. The number of pyridine rings is 2. The fourth-order valence-corrected chi connectivity index (χ4v) is 2.81. The molecule has 0 saturated heterocycles. The van der Waals surface area contributed by atoms with Crippen LogP contribution < -0.4 is 10.3 Å². The normalized spacial score (nSPS) is 11.0. The van der Waals surface area contributed by atoms with Gasteiger partial charge in [0.1, 0.15) is 0 Å². The second-order valence-corrected chi connectivity index (χ2v) is 6.65. The van der Waals surface area contributed by atoms with Crippen molar-refractivity contribution in [1.82, 2.24) is 9.97 Å². The van der Waals surface area contributed by atoms with Gasteiger partial charge < -0.3 is 4.98 Å². The number of halogens is 1. The van der Waals surface area contributed by atoms with Crippen molar-refractivity contribution in [3.63, 3.8) is 0 Å². The summed E-state index contributed by atoms with van der Waals surface area (Å²) in [7, 11) is -3.34. The van der Waals surface area contributed by atoms with Gasteiger partial charge in [-0.05, 0) is 24.3 Å². The van der Waals surface area contributed by atoms with Crippen LogP contribution in [0.5, 0.6) is 0 Å². The van der Waals surface area contributed by atoms with Crippen LogP contribution in [0, 0.1) is 0 Å². The monoisotopic (exact) mass is 351 g/mol. The maximum atomic E-state index is 11.4. The van der Waals surface area contributed by atoms with Crippen LogP contribution in [-0.2, 0) is 10.0 Å². The van der Waals surface area contributed by atoms with E-state index in [0.29, 0.717) is 16.9 Å². The molecule has 3 rings (SSSR count). The molecule has 3 aromatic rings. The summed E-state index contributed by atoms with van der Waals surface area (Å²) in [5.41, 5.74) is 2.39. The molecule has 2 heterocycles. The number of nitrogens with zero attached hydrogens (tertiary/aromatic N) is 1. The number of anilines is 1. The molecule has 0 radical (unpaired) electrons. The summed E-state index contributed by atoms with van der Waals surface area (Å²) in [6.07, 6.45) is 2.70. The Morgan fingerprint density at radius 3 is 2.65 bits per heavy atom. The quantitative estimate of drug-likeness (QED) is 0.757. The molecule has 120 valence electrons. The number of H-pyrrole nitrogens is 1. The summed E-state index contributed by atoms with van der Waals surface area (Å²) in [5.74, 6) is 0. The second-order valence-electron chi connectivity index (χ2n) is 4.90. The molecule has 1 aromatic carbocycles. The fraction of sp³-hybridized carbons (Fsp3) is 0.0667. The van der Waals surface area contributed by atoms with E-state index < -0.39 is 10.0 Å². The lowest BCUT2D eigenvalue weighted by Gasteiger charge is -2.08. The number of nitrogens with one attached hydrogen (secondary N) is 2. The van der Waals surface area contributed by atoms with Crippen molar-refractivity contribution in [2.24, 2.45) is 0 Å². The number of fused-ring (bicyclic) bond motifs is 1. The van der Waals surface area contributed by atoms with Gasteiger partial charge in [-0.1, -0.05) is 12.1 Å². The summed E-state index contributed by atoms with van der Waals surface area (Å²) >= 11 is 0. The third-order valence-electron chi connectivity index (χ3n) is 3.09. The van der Waals surface area contributed by atoms with Crippen LogP contribution in [0.25, 0.3) is 22.2 Å². The summed E-state index contributed by atoms with van der Waals surface area (Å²) in [5, 5.41) is 0.790. The third-order valence-corrected chi connectivity index (χ3v) is 3.70. The Labute approximate surface area is 139 Å². The van der Waals surface area contributed by atoms with E-state index in [9.17, 15) is 13.2 Å². The molecule has 0 amide bonds. The number of hydrogen-bond donors (Lipinski definition) is 2. The summed E-state index contributed by atoms with van der Waals surface area (Å²) < 4.78 is 25.1. The maximum Gasteiger partial charge on any atom is 0.248 e. The van der Waals surface area contributed by atoms with E-state index >= 15 is 0 Å². The number of benzene rings is 1. The Balaban J connectivity index is 0.00000192. The summed E-state index contributed by atoms with van der Waals surface area (Å²) in [4.78, 5) is 18.5. The number of aromatic nitrogens is 2. The number of aromatic amines is 1. The van der Waals surface area contributed by atoms with Gasteiger partial charge in [0, 0.05) is 28.9 Å². The number of rotatable bonds is 3. The predicted molar refractivity (Wildman–Crippen MR) is 93.5 cm³/mol. The molecule has 23 heavy (non-hydrogen) atoms. The van der Waals surface area contributed by atoms with E-state index in [0.717, 1.165) is 17.2 Å². The van der Waals surface area contributed by atoms with Gasteiger partial charge in [0.15, 0.2) is 0 Å². The zero-order valence-electron chi connectivity index (χ0n) is 12.1. The highest BCUT2D eigenvalue weighted by molar-refractivity contribution is 7.92. The van der Waals surface area contributed by atoms with Crippen molar-refractivity contribution in [3.8, 4) is 11.3 Å². The number of hydrogen-bond acceptors (Lipinski definition) is 4. The first-order chi connectivity index (χ1) is 10.4. The minimum atomic E-state index is -3.34. The molecule has 0 bridgehead atoms. The molecule has 0 unspecified atom stereocenters. The average Bonchev–Trinajstić information content (AvgIpc) is 2.44. The highest BCUT2D eigenvalue weighted by Crippen LogP contribution is 2.26. The van der Waals surface area contributed by atoms with Crippen molar-refractivity contribution in [2.75, 3.05) is 11.0 Å². The first-order valence-corrected chi connectivity index (χ1v) is 8.38. The zero-order chi connectivity index (χ0) is 15.7. The summed E-state index contributed by atoms with van der Waals surface area (Å²) in [6, 6.07) is 11.8. The van der Waals surface area contributed by atoms with E-state index in [-0.39, 0.29) is 18.0 Å². The molecule has 0 fully saturated rings. The second kappa shape index (κ2) is 6.39. The van der Waals surface area contributed by atoms with E-state index in [1.165, 1.54) is 6.07 Å². The van der Waals surface area contributed by atoms with E-state index in [1.807, 2.05) is 6.07 Å². The third kappa shape index (κ3) is 3.88. The largest absolute Gasteiger partial charge is 0.322 e. The highest BCUT2D eigenvalue weighted by atomic mass is 35.5. The molecule has 2 aromatic heterocycles. The molecular weight excluding hydrogens is 338 g/mol. The van der Waals surface area contributed by atoms with Gasteiger partial charge in [-0.15, -0.1) is 12.4 Å². The zero-order valence-corrected chi connectivity index (χ0v) is 13.7. The van der Waals surface area contributed by atoms with E-state index in [2.05, 4.69) is 14.7 Å². The lowest BCUT2D eigenvalue weighted by molar-refractivity contribution is 0.607. The smallest absolute Gasteiger partial charge is 0.248 e. The van der Waals surface area contributed by atoms with Crippen LogP contribution in [-0.4, -0.2) is 24.6 Å². The molecule has 0 aliphatic rings. The molecular formula is C15H14ClN3O3S. The van der Waals surface area contributed by atoms with Crippen LogP contribution in [0.15, 0.2) is 53.5 Å². The van der Waals surface area contributed by atoms with Gasteiger partial charge >= 0.3 is 0 Å². The van der Waals surface area contributed by atoms with Crippen molar-refractivity contribution in [3.05, 3.63) is 59.0 Å². The Morgan fingerprint density at radius 1 is 1.13 bits per heavy atom. The van der Waals surface area contributed by atoms with Crippen molar-refractivity contribution in [1.29, 1.82) is 0 Å². The molecule has 8 heteroatoms. The Kier molecular flexibility index (Phi) is 4.72. The lowest BCUT2D eigenvalue weighted by atomic mass is 10.1. The predicted octanol–water partition coefficient (Wildman–Crippen LogP) is 2.38. The first-order valence-electron chi connectivity index (χ1n) is 6.49. The van der Waals surface area contributed by atoms with Crippen molar-refractivity contribution >= 4 is 39.0 Å². The van der Waals surface area contributed by atoms with Gasteiger partial charge in [-0.2, -0.15) is 0 Å². The molecule has 0 atom stereocenters. The standard InChI is InChI=1S/C15H13N3O3S.ClH/c1-22(20,21)18-11-4-2-3-10(9-11)15-12-5-6-14(19)17-13(12)7-8-16-15;/h2-9,18H,1H3,(H,17,19);1H. The Bertz CT molecular complexity index is 1020. The van der Waals surface area contributed by atoms with Crippen LogP contribution in [0.3, 0.4) is 0 Å². The maximum absolute atomic E-state index is 11.4. The molecule has 0 saturated carbocycles. The SMILES string of the molecule is CS(=O)(=O)Nc1cccc(-c2nccc3[nH]c(=O)ccc23)c1.Cl. The lowest BCUT2D eigenvalue weighted by Crippen LogP contribution is -2.09. The number of sulfonamides is 1. The molecule has 6 nitrogen and oxygen atoms in total.